The van der Waals surface area contributed by atoms with Crippen LogP contribution in [0, 0.1) is 0 Å². The number of benzene rings is 2. The van der Waals surface area contributed by atoms with Crippen LogP contribution in [0.15, 0.2) is 48.5 Å². The SMILES string of the molecule is CC(=O)c1ccc(NC(=O)C(C)n2nnc(-c3cccc(C(F)(F)F)c3)n2)cc1. The Bertz CT molecular complexity index is 1040. The van der Waals surface area contributed by atoms with Crippen molar-refractivity contribution in [1.29, 1.82) is 0 Å². The molecule has 150 valence electrons. The zero-order valence-corrected chi connectivity index (χ0v) is 15.4. The maximum atomic E-state index is 12.9. The van der Waals surface area contributed by atoms with Gasteiger partial charge in [0.15, 0.2) is 5.78 Å². The maximum Gasteiger partial charge on any atom is 0.416 e. The molecule has 2 aromatic carbocycles. The number of nitrogens with one attached hydrogen (secondary N) is 1. The van der Waals surface area contributed by atoms with Gasteiger partial charge < -0.3 is 5.32 Å². The van der Waals surface area contributed by atoms with Gasteiger partial charge >= 0.3 is 6.18 Å². The molecule has 0 spiro atoms. The van der Waals surface area contributed by atoms with Crippen LogP contribution in [0.5, 0.6) is 0 Å². The first-order valence-electron chi connectivity index (χ1n) is 8.54. The third-order valence-electron chi connectivity index (χ3n) is 4.16. The quantitative estimate of drug-likeness (QED) is 0.655. The Morgan fingerprint density at radius 2 is 1.79 bits per heavy atom. The van der Waals surface area contributed by atoms with Crippen LogP contribution < -0.4 is 5.32 Å². The molecule has 0 fully saturated rings. The normalized spacial score (nSPS) is 12.4. The lowest BCUT2D eigenvalue weighted by molar-refractivity contribution is -0.137. The molecular weight excluding hydrogens is 387 g/mol. The van der Waals surface area contributed by atoms with Crippen molar-refractivity contribution in [1.82, 2.24) is 20.2 Å². The van der Waals surface area contributed by atoms with Crippen LogP contribution in [0.3, 0.4) is 0 Å². The Morgan fingerprint density at radius 1 is 1.10 bits per heavy atom. The molecule has 7 nitrogen and oxygen atoms in total. The zero-order valence-electron chi connectivity index (χ0n) is 15.4. The molecule has 0 saturated heterocycles. The van der Waals surface area contributed by atoms with E-state index in [1.165, 1.54) is 26.0 Å². The van der Waals surface area contributed by atoms with E-state index in [4.69, 9.17) is 0 Å². The smallest absolute Gasteiger partial charge is 0.324 e. The fourth-order valence-electron chi connectivity index (χ4n) is 2.48. The van der Waals surface area contributed by atoms with E-state index in [1.807, 2.05) is 0 Å². The van der Waals surface area contributed by atoms with E-state index in [-0.39, 0.29) is 17.2 Å². The first kappa shape index (κ1) is 20.2. The molecule has 29 heavy (non-hydrogen) atoms. The number of anilines is 1. The van der Waals surface area contributed by atoms with Crippen molar-refractivity contribution in [3.63, 3.8) is 0 Å². The molecule has 10 heteroatoms. The summed E-state index contributed by atoms with van der Waals surface area (Å²) < 4.78 is 38.6. The second-order valence-corrected chi connectivity index (χ2v) is 6.31. The first-order chi connectivity index (χ1) is 13.6. The van der Waals surface area contributed by atoms with Crippen molar-refractivity contribution in [3.05, 3.63) is 59.7 Å². The van der Waals surface area contributed by atoms with Crippen molar-refractivity contribution in [3.8, 4) is 11.4 Å². The number of nitrogens with zero attached hydrogens (tertiary/aromatic N) is 4. The Morgan fingerprint density at radius 3 is 2.41 bits per heavy atom. The third-order valence-corrected chi connectivity index (χ3v) is 4.16. The van der Waals surface area contributed by atoms with E-state index >= 15 is 0 Å². The average Bonchev–Trinajstić information content (AvgIpc) is 3.17. The summed E-state index contributed by atoms with van der Waals surface area (Å²) in [5.41, 5.74) is 0.300. The summed E-state index contributed by atoms with van der Waals surface area (Å²) in [5, 5.41) is 14.2. The molecule has 0 saturated carbocycles. The number of hydrogen-bond donors (Lipinski definition) is 1. The predicted molar refractivity (Wildman–Crippen MR) is 98.0 cm³/mol. The Balaban J connectivity index is 1.74. The van der Waals surface area contributed by atoms with Gasteiger partial charge in [-0.05, 0) is 55.5 Å². The molecule has 1 atom stereocenters. The van der Waals surface area contributed by atoms with Crippen LogP contribution in [0.1, 0.15) is 35.8 Å². The summed E-state index contributed by atoms with van der Waals surface area (Å²) in [6, 6.07) is 10.0. The van der Waals surface area contributed by atoms with Gasteiger partial charge in [0.05, 0.1) is 5.56 Å². The average molecular weight is 403 g/mol. The van der Waals surface area contributed by atoms with Gasteiger partial charge in [0.25, 0.3) is 5.91 Å². The van der Waals surface area contributed by atoms with Crippen LogP contribution in [0.25, 0.3) is 11.4 Å². The van der Waals surface area contributed by atoms with Crippen molar-refractivity contribution in [2.45, 2.75) is 26.1 Å². The highest BCUT2D eigenvalue weighted by molar-refractivity contribution is 5.96. The second-order valence-electron chi connectivity index (χ2n) is 6.31. The number of tetrazole rings is 1. The highest BCUT2D eigenvalue weighted by Crippen LogP contribution is 2.31. The van der Waals surface area contributed by atoms with Crippen molar-refractivity contribution >= 4 is 17.4 Å². The van der Waals surface area contributed by atoms with E-state index in [0.717, 1.165) is 16.9 Å². The highest BCUT2D eigenvalue weighted by atomic mass is 19.4. The van der Waals surface area contributed by atoms with Crippen LogP contribution >= 0.6 is 0 Å². The number of hydrogen-bond acceptors (Lipinski definition) is 5. The summed E-state index contributed by atoms with van der Waals surface area (Å²) in [6.07, 6.45) is -4.49. The molecule has 0 aliphatic carbocycles. The molecule has 1 N–H and O–H groups in total. The first-order valence-corrected chi connectivity index (χ1v) is 8.54. The number of rotatable bonds is 5. The molecule has 1 heterocycles. The highest BCUT2D eigenvalue weighted by Gasteiger charge is 2.31. The van der Waals surface area contributed by atoms with E-state index in [1.54, 1.807) is 24.3 Å². The van der Waals surface area contributed by atoms with Gasteiger partial charge in [0, 0.05) is 16.8 Å². The molecule has 0 radical (unpaired) electrons. The third kappa shape index (κ3) is 4.65. The van der Waals surface area contributed by atoms with E-state index in [2.05, 4.69) is 20.7 Å². The lowest BCUT2D eigenvalue weighted by atomic mass is 10.1. The minimum absolute atomic E-state index is 0.0263. The Kier molecular flexibility index (Phi) is 5.44. The number of aromatic nitrogens is 4. The minimum Gasteiger partial charge on any atom is -0.324 e. The van der Waals surface area contributed by atoms with Gasteiger partial charge in [-0.3, -0.25) is 9.59 Å². The number of carbonyl (C=O) groups excluding carboxylic acids is 2. The number of halogens is 3. The Labute approximate surface area is 163 Å². The molecule has 0 aliphatic rings. The second kappa shape index (κ2) is 7.82. The molecular formula is C19H16F3N5O2. The number of amides is 1. The van der Waals surface area contributed by atoms with E-state index in [0.29, 0.717) is 11.3 Å². The fourth-order valence-corrected chi connectivity index (χ4v) is 2.48. The van der Waals surface area contributed by atoms with Gasteiger partial charge in [-0.2, -0.15) is 18.0 Å². The van der Waals surface area contributed by atoms with Crippen molar-refractivity contribution in [2.24, 2.45) is 0 Å². The molecule has 1 amide bonds. The number of Topliss-reactive ketones (excluding diaryl/α,β-unsaturated/α-hetero) is 1. The predicted octanol–water partition coefficient (Wildman–Crippen LogP) is 3.76. The van der Waals surface area contributed by atoms with E-state index < -0.39 is 23.7 Å². The molecule has 3 aromatic rings. The van der Waals surface area contributed by atoms with Crippen LogP contribution in [-0.4, -0.2) is 31.9 Å². The molecule has 1 aromatic heterocycles. The van der Waals surface area contributed by atoms with Crippen molar-refractivity contribution in [2.75, 3.05) is 5.32 Å². The summed E-state index contributed by atoms with van der Waals surface area (Å²) >= 11 is 0. The van der Waals surface area contributed by atoms with E-state index in [9.17, 15) is 22.8 Å². The summed E-state index contributed by atoms with van der Waals surface area (Å²) in [5.74, 6) is -0.569. The number of alkyl halides is 3. The van der Waals surface area contributed by atoms with Crippen LogP contribution in [-0.2, 0) is 11.0 Å². The minimum atomic E-state index is -4.49. The summed E-state index contributed by atoms with van der Waals surface area (Å²) in [7, 11) is 0. The lowest BCUT2D eigenvalue weighted by Gasteiger charge is -2.11. The molecule has 0 aliphatic heterocycles. The maximum absolute atomic E-state index is 12.9. The van der Waals surface area contributed by atoms with Crippen molar-refractivity contribution < 1.29 is 22.8 Å². The van der Waals surface area contributed by atoms with Crippen LogP contribution in [0.4, 0.5) is 18.9 Å². The number of carbonyl (C=O) groups is 2. The van der Waals surface area contributed by atoms with Gasteiger partial charge in [0.2, 0.25) is 5.82 Å². The largest absolute Gasteiger partial charge is 0.416 e. The molecule has 1 unspecified atom stereocenters. The summed E-state index contributed by atoms with van der Waals surface area (Å²) in [4.78, 5) is 24.7. The topological polar surface area (TPSA) is 89.8 Å². The Hall–Kier alpha value is -3.56. The molecule has 0 bridgehead atoms. The van der Waals surface area contributed by atoms with Gasteiger partial charge in [-0.1, -0.05) is 12.1 Å². The fraction of sp³-hybridized carbons (Fsp3) is 0.211. The van der Waals surface area contributed by atoms with Gasteiger partial charge in [-0.15, -0.1) is 10.2 Å². The lowest BCUT2D eigenvalue weighted by Crippen LogP contribution is -2.25. The van der Waals surface area contributed by atoms with Crippen LogP contribution in [0.2, 0.25) is 0 Å². The van der Waals surface area contributed by atoms with Gasteiger partial charge in [0.1, 0.15) is 6.04 Å². The zero-order chi connectivity index (χ0) is 21.2. The molecule has 3 rings (SSSR count). The van der Waals surface area contributed by atoms with Gasteiger partial charge in [-0.25, -0.2) is 0 Å². The monoisotopic (exact) mass is 403 g/mol. The standard InChI is InChI=1S/C19H16F3N5O2/c1-11(18(29)23-16-8-6-13(7-9-16)12(2)28)27-25-17(24-26-27)14-4-3-5-15(10-14)19(20,21)22/h3-11H,1-2H3,(H,23,29). The number of ketones is 1. The summed E-state index contributed by atoms with van der Waals surface area (Å²) in [6.45, 7) is 2.96.